The monoisotopic (exact) mass is 227 g/mol. The minimum Gasteiger partial charge on any atom is -0.481 e. The Labute approximate surface area is 94.2 Å². The summed E-state index contributed by atoms with van der Waals surface area (Å²) in [7, 11) is 0. The van der Waals surface area contributed by atoms with Crippen molar-refractivity contribution in [1.29, 1.82) is 0 Å². The lowest BCUT2D eigenvalue weighted by molar-refractivity contribution is -0.142. The SMILES string of the molecule is Cc1nc(C(C)C)sc1C(C)(C)C(=O)O. The second-order valence-corrected chi connectivity index (χ2v) is 5.58. The number of hydrogen-bond donors (Lipinski definition) is 1. The first-order valence-electron chi connectivity index (χ1n) is 4.98. The Morgan fingerprint density at radius 2 is 2.00 bits per heavy atom. The van der Waals surface area contributed by atoms with E-state index in [-0.39, 0.29) is 0 Å². The molecule has 1 heterocycles. The summed E-state index contributed by atoms with van der Waals surface area (Å²) in [5, 5.41) is 10.2. The third kappa shape index (κ3) is 2.20. The molecular weight excluding hydrogens is 210 g/mol. The molecule has 4 heteroatoms. The Kier molecular flexibility index (Phi) is 3.19. The van der Waals surface area contributed by atoms with E-state index in [0.29, 0.717) is 5.92 Å². The van der Waals surface area contributed by atoms with Crippen LogP contribution in [0, 0.1) is 6.92 Å². The molecule has 1 N–H and O–H groups in total. The Balaban J connectivity index is 3.21. The maximum absolute atomic E-state index is 11.1. The van der Waals surface area contributed by atoms with E-state index in [1.807, 2.05) is 6.92 Å². The molecule has 1 aromatic rings. The number of aliphatic carboxylic acids is 1. The first kappa shape index (κ1) is 12.2. The molecule has 3 nitrogen and oxygen atoms in total. The number of carboxylic acid groups (broad SMARTS) is 1. The molecule has 84 valence electrons. The van der Waals surface area contributed by atoms with Gasteiger partial charge in [0.2, 0.25) is 0 Å². The second kappa shape index (κ2) is 3.93. The molecule has 0 amide bonds. The van der Waals surface area contributed by atoms with Crippen LogP contribution >= 0.6 is 11.3 Å². The third-order valence-electron chi connectivity index (χ3n) is 2.41. The van der Waals surface area contributed by atoms with E-state index in [4.69, 9.17) is 5.11 Å². The molecule has 0 spiro atoms. The number of carbonyl (C=O) groups is 1. The molecule has 0 fully saturated rings. The number of thiazole rings is 1. The van der Waals surface area contributed by atoms with Crippen LogP contribution in [0.25, 0.3) is 0 Å². The summed E-state index contributed by atoms with van der Waals surface area (Å²) in [5.41, 5.74) is 0.00521. The molecule has 0 bridgehead atoms. The van der Waals surface area contributed by atoms with Gasteiger partial charge in [-0.2, -0.15) is 0 Å². The Morgan fingerprint density at radius 1 is 1.47 bits per heavy atom. The van der Waals surface area contributed by atoms with Crippen molar-refractivity contribution in [2.24, 2.45) is 0 Å². The van der Waals surface area contributed by atoms with Crippen LogP contribution in [0.2, 0.25) is 0 Å². The molecule has 1 rings (SSSR count). The summed E-state index contributed by atoms with van der Waals surface area (Å²) < 4.78 is 0. The average molecular weight is 227 g/mol. The van der Waals surface area contributed by atoms with E-state index >= 15 is 0 Å². The number of nitrogens with zero attached hydrogens (tertiary/aromatic N) is 1. The number of hydrogen-bond acceptors (Lipinski definition) is 3. The van der Waals surface area contributed by atoms with E-state index in [2.05, 4.69) is 18.8 Å². The molecule has 0 aliphatic carbocycles. The number of carboxylic acids is 1. The molecule has 0 aliphatic rings. The number of aryl methyl sites for hydroxylation is 1. The first-order chi connectivity index (χ1) is 6.76. The molecule has 0 unspecified atom stereocenters. The van der Waals surface area contributed by atoms with Crippen molar-refractivity contribution in [2.45, 2.75) is 46.0 Å². The van der Waals surface area contributed by atoms with Crippen LogP contribution in [0.3, 0.4) is 0 Å². The quantitative estimate of drug-likeness (QED) is 0.863. The van der Waals surface area contributed by atoms with E-state index in [0.717, 1.165) is 15.6 Å². The largest absolute Gasteiger partial charge is 0.481 e. The van der Waals surface area contributed by atoms with Gasteiger partial charge in [0.1, 0.15) is 0 Å². The molecule has 0 aromatic carbocycles. The van der Waals surface area contributed by atoms with Gasteiger partial charge in [0, 0.05) is 10.8 Å². The summed E-state index contributed by atoms with van der Waals surface area (Å²) in [5.74, 6) is -0.448. The van der Waals surface area contributed by atoms with Crippen LogP contribution < -0.4 is 0 Å². The lowest BCUT2D eigenvalue weighted by Crippen LogP contribution is -2.28. The molecule has 1 aromatic heterocycles. The molecule has 0 saturated heterocycles. The smallest absolute Gasteiger partial charge is 0.314 e. The maximum atomic E-state index is 11.1. The molecule has 0 saturated carbocycles. The zero-order chi connectivity index (χ0) is 11.8. The van der Waals surface area contributed by atoms with Gasteiger partial charge in [0.15, 0.2) is 0 Å². The van der Waals surface area contributed by atoms with Gasteiger partial charge in [0.05, 0.1) is 16.1 Å². The Bertz CT molecular complexity index is 380. The summed E-state index contributed by atoms with van der Waals surface area (Å²) in [6.07, 6.45) is 0. The predicted octanol–water partition coefficient (Wildman–Crippen LogP) is 2.94. The van der Waals surface area contributed by atoms with Gasteiger partial charge in [0.25, 0.3) is 0 Å². The van der Waals surface area contributed by atoms with Gasteiger partial charge < -0.3 is 5.11 Å². The zero-order valence-electron chi connectivity index (χ0n) is 9.79. The highest BCUT2D eigenvalue weighted by atomic mass is 32.1. The minimum absolute atomic E-state index is 0.354. The fraction of sp³-hybridized carbons (Fsp3) is 0.636. The number of rotatable bonds is 3. The molecule has 0 aliphatic heterocycles. The third-order valence-corrected chi connectivity index (χ3v) is 4.19. The van der Waals surface area contributed by atoms with Gasteiger partial charge in [-0.3, -0.25) is 4.79 Å². The highest BCUT2D eigenvalue weighted by Crippen LogP contribution is 2.34. The average Bonchev–Trinajstić information content (AvgIpc) is 2.47. The standard InChI is InChI=1S/C11H17NO2S/c1-6(2)9-12-7(3)8(15-9)11(4,5)10(13)14/h6H,1-5H3,(H,13,14). The van der Waals surface area contributed by atoms with Crippen molar-refractivity contribution < 1.29 is 9.90 Å². The lowest BCUT2D eigenvalue weighted by Gasteiger charge is -2.17. The lowest BCUT2D eigenvalue weighted by atomic mass is 9.91. The maximum Gasteiger partial charge on any atom is 0.314 e. The van der Waals surface area contributed by atoms with E-state index in [1.165, 1.54) is 11.3 Å². The van der Waals surface area contributed by atoms with Crippen molar-refractivity contribution in [1.82, 2.24) is 4.98 Å². The molecular formula is C11H17NO2S. The summed E-state index contributed by atoms with van der Waals surface area (Å²) in [6.45, 7) is 9.45. The highest BCUT2D eigenvalue weighted by Gasteiger charge is 2.33. The normalized spacial score (nSPS) is 12.1. The molecule has 0 atom stereocenters. The Morgan fingerprint density at radius 3 is 2.33 bits per heavy atom. The second-order valence-electron chi connectivity index (χ2n) is 4.55. The topological polar surface area (TPSA) is 50.2 Å². The van der Waals surface area contributed by atoms with Crippen LogP contribution in [0.1, 0.15) is 49.2 Å². The van der Waals surface area contributed by atoms with Crippen molar-refractivity contribution in [3.8, 4) is 0 Å². The highest BCUT2D eigenvalue weighted by molar-refractivity contribution is 7.12. The van der Waals surface area contributed by atoms with Crippen molar-refractivity contribution >= 4 is 17.3 Å². The van der Waals surface area contributed by atoms with E-state index in [1.54, 1.807) is 13.8 Å². The van der Waals surface area contributed by atoms with Gasteiger partial charge in [-0.15, -0.1) is 11.3 Å². The molecule has 0 radical (unpaired) electrons. The summed E-state index contributed by atoms with van der Waals surface area (Å²) >= 11 is 1.51. The van der Waals surface area contributed by atoms with E-state index in [9.17, 15) is 4.79 Å². The van der Waals surface area contributed by atoms with Gasteiger partial charge in [-0.1, -0.05) is 13.8 Å². The van der Waals surface area contributed by atoms with Crippen molar-refractivity contribution in [3.05, 3.63) is 15.6 Å². The molecule has 15 heavy (non-hydrogen) atoms. The Hall–Kier alpha value is -0.900. The van der Waals surface area contributed by atoms with Gasteiger partial charge in [-0.25, -0.2) is 4.98 Å². The fourth-order valence-electron chi connectivity index (χ4n) is 1.34. The van der Waals surface area contributed by atoms with Crippen LogP contribution in [0.4, 0.5) is 0 Å². The predicted molar refractivity (Wildman–Crippen MR) is 61.6 cm³/mol. The summed E-state index contributed by atoms with van der Waals surface area (Å²) in [6, 6.07) is 0. The van der Waals surface area contributed by atoms with Crippen molar-refractivity contribution in [2.75, 3.05) is 0 Å². The zero-order valence-corrected chi connectivity index (χ0v) is 10.6. The van der Waals surface area contributed by atoms with Crippen LogP contribution in [-0.2, 0) is 10.2 Å². The van der Waals surface area contributed by atoms with Crippen molar-refractivity contribution in [3.63, 3.8) is 0 Å². The number of aromatic nitrogens is 1. The van der Waals surface area contributed by atoms with Gasteiger partial charge >= 0.3 is 5.97 Å². The van der Waals surface area contributed by atoms with Crippen LogP contribution in [0.5, 0.6) is 0 Å². The minimum atomic E-state index is -0.838. The van der Waals surface area contributed by atoms with Crippen LogP contribution in [-0.4, -0.2) is 16.1 Å². The van der Waals surface area contributed by atoms with Crippen LogP contribution in [0.15, 0.2) is 0 Å². The summed E-state index contributed by atoms with van der Waals surface area (Å²) in [4.78, 5) is 16.4. The first-order valence-corrected chi connectivity index (χ1v) is 5.79. The van der Waals surface area contributed by atoms with Gasteiger partial charge in [-0.05, 0) is 20.8 Å². The fourth-order valence-corrected chi connectivity index (χ4v) is 2.50. The van der Waals surface area contributed by atoms with E-state index < -0.39 is 11.4 Å².